The first kappa shape index (κ1) is 21.8. The molecule has 0 aliphatic heterocycles. The third-order valence-electron chi connectivity index (χ3n) is 5.74. The SMILES string of the molecule is CCCCCCCCCn1c2ccc(C(C)(C)C)cc2c2nc(C#N)c(C#N)nc21. The molecule has 0 aliphatic rings. The highest BCUT2D eigenvalue weighted by molar-refractivity contribution is 6.05. The molecule has 0 bridgehead atoms. The lowest BCUT2D eigenvalue weighted by Gasteiger charge is -2.19. The number of aryl methyl sites for hydroxylation is 1. The van der Waals surface area contributed by atoms with Crippen molar-refractivity contribution in [2.24, 2.45) is 0 Å². The summed E-state index contributed by atoms with van der Waals surface area (Å²) in [6.45, 7) is 9.64. The van der Waals surface area contributed by atoms with Crippen LogP contribution >= 0.6 is 0 Å². The Labute approximate surface area is 179 Å². The molecular weight excluding hydrogens is 370 g/mol. The molecule has 30 heavy (non-hydrogen) atoms. The monoisotopic (exact) mass is 401 g/mol. The number of aromatic nitrogens is 3. The highest BCUT2D eigenvalue weighted by atomic mass is 15.1. The standard InChI is InChI=1S/C25H31N5/c1-5-6-7-8-9-10-11-14-30-22-13-12-18(25(2,3)4)15-19(22)23-24(30)29-21(17-27)20(16-26)28-23/h12-13,15H,5-11,14H2,1-4H3. The molecule has 3 aromatic rings. The van der Waals surface area contributed by atoms with Crippen LogP contribution in [0.1, 0.15) is 89.6 Å². The number of benzene rings is 1. The maximum Gasteiger partial charge on any atom is 0.179 e. The van der Waals surface area contributed by atoms with Crippen molar-refractivity contribution in [1.82, 2.24) is 14.5 Å². The van der Waals surface area contributed by atoms with E-state index in [-0.39, 0.29) is 16.8 Å². The van der Waals surface area contributed by atoms with E-state index in [1.807, 2.05) is 12.1 Å². The van der Waals surface area contributed by atoms with E-state index in [4.69, 9.17) is 0 Å². The van der Waals surface area contributed by atoms with Crippen LogP contribution in [0.4, 0.5) is 0 Å². The van der Waals surface area contributed by atoms with E-state index in [2.05, 4.69) is 60.4 Å². The third-order valence-corrected chi connectivity index (χ3v) is 5.74. The Balaban J connectivity index is 2.01. The molecule has 0 saturated heterocycles. The van der Waals surface area contributed by atoms with Gasteiger partial charge in [0.05, 0.1) is 5.52 Å². The zero-order valence-corrected chi connectivity index (χ0v) is 18.6. The van der Waals surface area contributed by atoms with Gasteiger partial charge in [-0.3, -0.25) is 0 Å². The van der Waals surface area contributed by atoms with Crippen molar-refractivity contribution >= 4 is 22.1 Å². The van der Waals surface area contributed by atoms with Crippen LogP contribution in [0.3, 0.4) is 0 Å². The van der Waals surface area contributed by atoms with Crippen molar-refractivity contribution in [2.75, 3.05) is 0 Å². The first-order valence-electron chi connectivity index (χ1n) is 11.1. The van der Waals surface area contributed by atoms with Gasteiger partial charge in [-0.1, -0.05) is 72.3 Å². The van der Waals surface area contributed by atoms with E-state index < -0.39 is 0 Å². The number of rotatable bonds is 8. The topological polar surface area (TPSA) is 78.3 Å². The fourth-order valence-electron chi connectivity index (χ4n) is 3.95. The minimum atomic E-state index is 0.0131. The van der Waals surface area contributed by atoms with E-state index in [1.54, 1.807) is 0 Å². The average molecular weight is 402 g/mol. The fraction of sp³-hybridized carbons (Fsp3) is 0.520. The predicted octanol–water partition coefficient (Wildman–Crippen LogP) is 6.38. The highest BCUT2D eigenvalue weighted by Crippen LogP contribution is 2.32. The second kappa shape index (κ2) is 9.26. The lowest BCUT2D eigenvalue weighted by molar-refractivity contribution is 0.559. The molecule has 0 radical (unpaired) electrons. The van der Waals surface area contributed by atoms with Crippen molar-refractivity contribution in [3.05, 3.63) is 35.2 Å². The first-order chi connectivity index (χ1) is 14.4. The van der Waals surface area contributed by atoms with Gasteiger partial charge in [0.2, 0.25) is 0 Å². The van der Waals surface area contributed by atoms with Gasteiger partial charge in [-0.05, 0) is 29.5 Å². The van der Waals surface area contributed by atoms with Crippen LogP contribution in [0.15, 0.2) is 18.2 Å². The van der Waals surface area contributed by atoms with E-state index in [1.165, 1.54) is 44.1 Å². The summed E-state index contributed by atoms with van der Waals surface area (Å²) in [6.07, 6.45) is 8.68. The molecule has 0 amide bonds. The van der Waals surface area contributed by atoms with E-state index in [0.717, 1.165) is 29.4 Å². The lowest BCUT2D eigenvalue weighted by Crippen LogP contribution is -2.10. The van der Waals surface area contributed by atoms with Gasteiger partial charge in [0, 0.05) is 11.9 Å². The van der Waals surface area contributed by atoms with Crippen molar-refractivity contribution < 1.29 is 0 Å². The molecule has 0 fully saturated rings. The van der Waals surface area contributed by atoms with Gasteiger partial charge in [-0.2, -0.15) is 10.5 Å². The van der Waals surface area contributed by atoms with E-state index >= 15 is 0 Å². The quantitative estimate of drug-likeness (QED) is 0.410. The number of nitrogens with zero attached hydrogens (tertiary/aromatic N) is 5. The van der Waals surface area contributed by atoms with Crippen molar-refractivity contribution in [3.8, 4) is 12.1 Å². The molecule has 3 rings (SSSR count). The van der Waals surface area contributed by atoms with Crippen molar-refractivity contribution in [3.63, 3.8) is 0 Å². The van der Waals surface area contributed by atoms with Gasteiger partial charge < -0.3 is 4.57 Å². The summed E-state index contributed by atoms with van der Waals surface area (Å²) in [5.74, 6) is 0. The summed E-state index contributed by atoms with van der Waals surface area (Å²) in [5, 5.41) is 19.9. The van der Waals surface area contributed by atoms with E-state index in [9.17, 15) is 10.5 Å². The Morgan fingerprint density at radius 2 is 1.53 bits per heavy atom. The number of hydrogen-bond donors (Lipinski definition) is 0. The second-order valence-corrected chi connectivity index (χ2v) is 9.07. The minimum Gasteiger partial charge on any atom is -0.324 e. The predicted molar refractivity (Wildman–Crippen MR) is 121 cm³/mol. The summed E-state index contributed by atoms with van der Waals surface area (Å²) in [7, 11) is 0. The lowest BCUT2D eigenvalue weighted by atomic mass is 9.86. The van der Waals surface area contributed by atoms with Gasteiger partial charge in [0.25, 0.3) is 0 Å². The third kappa shape index (κ3) is 4.46. The number of nitriles is 2. The molecule has 0 saturated carbocycles. The van der Waals surface area contributed by atoms with Gasteiger partial charge in [-0.25, -0.2) is 9.97 Å². The van der Waals surface area contributed by atoms with Crippen LogP contribution in [-0.4, -0.2) is 14.5 Å². The highest BCUT2D eigenvalue weighted by Gasteiger charge is 2.20. The molecular formula is C25H31N5. The second-order valence-electron chi connectivity index (χ2n) is 9.07. The number of hydrogen-bond acceptors (Lipinski definition) is 4. The summed E-state index contributed by atoms with van der Waals surface area (Å²) >= 11 is 0. The minimum absolute atomic E-state index is 0.0131. The molecule has 2 aromatic heterocycles. The molecule has 0 atom stereocenters. The van der Waals surface area contributed by atoms with E-state index in [0.29, 0.717) is 5.65 Å². The van der Waals surface area contributed by atoms with Crippen LogP contribution in [0, 0.1) is 22.7 Å². The molecule has 0 N–H and O–H groups in total. The van der Waals surface area contributed by atoms with Crippen LogP contribution in [0.5, 0.6) is 0 Å². The molecule has 5 heteroatoms. The molecule has 0 unspecified atom stereocenters. The largest absolute Gasteiger partial charge is 0.324 e. The van der Waals surface area contributed by atoms with Gasteiger partial charge in [-0.15, -0.1) is 0 Å². The van der Waals surface area contributed by atoms with Crippen LogP contribution in [0.2, 0.25) is 0 Å². The Morgan fingerprint density at radius 3 is 2.17 bits per heavy atom. The number of fused-ring (bicyclic) bond motifs is 3. The van der Waals surface area contributed by atoms with Crippen molar-refractivity contribution in [1.29, 1.82) is 10.5 Å². The van der Waals surface area contributed by atoms with Crippen molar-refractivity contribution in [2.45, 2.75) is 84.6 Å². The molecule has 2 heterocycles. The smallest absolute Gasteiger partial charge is 0.179 e. The number of unbranched alkanes of at least 4 members (excludes halogenated alkanes) is 6. The summed E-state index contributed by atoms with van der Waals surface area (Å²) in [5.41, 5.74) is 3.93. The Bertz CT molecular complexity index is 1120. The zero-order chi connectivity index (χ0) is 21.7. The summed E-state index contributed by atoms with van der Waals surface area (Å²) < 4.78 is 2.18. The van der Waals surface area contributed by atoms with Gasteiger partial charge in [0.15, 0.2) is 17.0 Å². The summed E-state index contributed by atoms with van der Waals surface area (Å²) in [6, 6.07) is 10.5. The summed E-state index contributed by atoms with van der Waals surface area (Å²) in [4.78, 5) is 9.10. The average Bonchev–Trinajstić information content (AvgIpc) is 3.03. The van der Waals surface area contributed by atoms with Crippen LogP contribution in [-0.2, 0) is 12.0 Å². The molecule has 156 valence electrons. The fourth-order valence-corrected chi connectivity index (χ4v) is 3.95. The molecule has 0 spiro atoms. The van der Waals surface area contributed by atoms with Gasteiger partial charge in [0.1, 0.15) is 17.7 Å². The maximum atomic E-state index is 9.43. The first-order valence-corrected chi connectivity index (χ1v) is 11.1. The van der Waals surface area contributed by atoms with Crippen LogP contribution < -0.4 is 0 Å². The van der Waals surface area contributed by atoms with Gasteiger partial charge >= 0.3 is 0 Å². The Hall–Kier alpha value is -2.92. The molecule has 0 aliphatic carbocycles. The molecule has 5 nitrogen and oxygen atoms in total. The van der Waals surface area contributed by atoms with Crippen LogP contribution in [0.25, 0.3) is 22.1 Å². The molecule has 1 aromatic carbocycles. The zero-order valence-electron chi connectivity index (χ0n) is 18.6. The normalized spacial score (nSPS) is 11.7. The maximum absolute atomic E-state index is 9.43. The Morgan fingerprint density at radius 1 is 0.900 bits per heavy atom. The Kier molecular flexibility index (Phi) is 6.73.